The number of rotatable bonds is 2. The number of phenolic OH excluding ortho intramolecular Hbond substituents is 1. The smallest absolute Gasteiger partial charge is 0.119 e. The van der Waals surface area contributed by atoms with E-state index in [-0.39, 0.29) is 7.43 Å². The highest BCUT2D eigenvalue weighted by Gasteiger charge is 2.17. The molecule has 0 spiro atoms. The highest BCUT2D eigenvalue weighted by Crippen LogP contribution is 2.39. The summed E-state index contributed by atoms with van der Waals surface area (Å²) in [5, 5.41) is 17.6. The van der Waals surface area contributed by atoms with Gasteiger partial charge in [-0.2, -0.15) is 0 Å². The van der Waals surface area contributed by atoms with Gasteiger partial charge in [-0.25, -0.2) is 0 Å². The summed E-state index contributed by atoms with van der Waals surface area (Å²) in [5.41, 5.74) is 14.0. The van der Waals surface area contributed by atoms with E-state index >= 15 is 0 Å². The van der Waals surface area contributed by atoms with Crippen LogP contribution in [-0.2, 0) is 12.8 Å². The zero-order valence-electron chi connectivity index (χ0n) is 36.3. The Bertz CT molecular complexity index is 2540. The second-order valence-electron chi connectivity index (χ2n) is 15.4. The third-order valence-corrected chi connectivity index (χ3v) is 11.2. The van der Waals surface area contributed by atoms with Gasteiger partial charge >= 0.3 is 0 Å². The van der Waals surface area contributed by atoms with Gasteiger partial charge in [0.1, 0.15) is 5.75 Å². The SMILES string of the molecule is C.CC.CC.CC(C)c1ccc2ccc3cccc4ccc1c2c34.CC(C)c1ccccc1O.c1ccc2c(c1)Cc1ccccc1-2.c1ccc2c(c1)Cc1ccccc1-2. The van der Waals surface area contributed by atoms with Crippen LogP contribution in [0.1, 0.15) is 108 Å². The number of aromatic hydroxyl groups is 1. The Balaban J connectivity index is 0.000000150. The molecule has 0 aliphatic heterocycles. The first-order chi connectivity index (χ1) is 28.9. The summed E-state index contributed by atoms with van der Waals surface area (Å²) in [6, 6.07) is 62.2. The van der Waals surface area contributed by atoms with Gasteiger partial charge in [0.2, 0.25) is 0 Å². The van der Waals surface area contributed by atoms with Crippen LogP contribution >= 0.6 is 0 Å². The highest BCUT2D eigenvalue weighted by atomic mass is 16.3. The summed E-state index contributed by atoms with van der Waals surface area (Å²) in [6.45, 7) is 16.7. The first-order valence-electron chi connectivity index (χ1n) is 21.6. The normalized spacial score (nSPS) is 11.1. The molecule has 60 heavy (non-hydrogen) atoms. The van der Waals surface area contributed by atoms with E-state index in [0.29, 0.717) is 17.6 Å². The Labute approximate surface area is 360 Å². The van der Waals surface area contributed by atoms with Crippen molar-refractivity contribution in [2.45, 2.75) is 87.5 Å². The van der Waals surface area contributed by atoms with Gasteiger partial charge in [0.15, 0.2) is 0 Å². The lowest BCUT2D eigenvalue weighted by Gasteiger charge is -2.15. The molecule has 0 saturated carbocycles. The van der Waals surface area contributed by atoms with Gasteiger partial charge in [-0.3, -0.25) is 0 Å². The van der Waals surface area contributed by atoms with Gasteiger partial charge in [0.05, 0.1) is 0 Å². The number of para-hydroxylation sites is 1. The van der Waals surface area contributed by atoms with E-state index in [9.17, 15) is 5.11 Å². The molecule has 0 radical (unpaired) electrons. The minimum Gasteiger partial charge on any atom is -0.508 e. The Morgan fingerprint density at radius 3 is 1.10 bits per heavy atom. The number of fused-ring (bicyclic) bond motifs is 6. The monoisotopic (exact) mass is 788 g/mol. The number of phenols is 1. The third kappa shape index (κ3) is 9.64. The Kier molecular flexibility index (Phi) is 15.9. The molecule has 0 bridgehead atoms. The van der Waals surface area contributed by atoms with Crippen LogP contribution in [0.4, 0.5) is 0 Å². The summed E-state index contributed by atoms with van der Waals surface area (Å²) in [5.74, 6) is 1.36. The van der Waals surface area contributed by atoms with Crippen molar-refractivity contribution in [1.82, 2.24) is 0 Å². The minimum absolute atomic E-state index is 0. The summed E-state index contributed by atoms with van der Waals surface area (Å²) >= 11 is 0. The number of hydrogen-bond donors (Lipinski definition) is 1. The summed E-state index contributed by atoms with van der Waals surface area (Å²) in [4.78, 5) is 0. The summed E-state index contributed by atoms with van der Waals surface area (Å²) < 4.78 is 0. The van der Waals surface area contributed by atoms with Crippen LogP contribution in [0.2, 0.25) is 0 Å². The molecule has 0 saturated heterocycles. The second-order valence-corrected chi connectivity index (χ2v) is 15.4. The van der Waals surface area contributed by atoms with Crippen molar-refractivity contribution in [3.8, 4) is 28.0 Å². The van der Waals surface area contributed by atoms with Crippen LogP contribution in [0, 0.1) is 0 Å². The molecule has 0 aromatic heterocycles. The molecule has 1 N–H and O–H groups in total. The van der Waals surface area contributed by atoms with Crippen molar-refractivity contribution in [3.63, 3.8) is 0 Å². The van der Waals surface area contributed by atoms with Gasteiger partial charge in [0.25, 0.3) is 0 Å². The maximum atomic E-state index is 9.28. The summed E-state index contributed by atoms with van der Waals surface area (Å²) in [7, 11) is 0. The van der Waals surface area contributed by atoms with Gasteiger partial charge in [-0.1, -0.05) is 233 Å². The topological polar surface area (TPSA) is 20.2 Å². The molecular weight excluding hydrogens is 725 g/mol. The van der Waals surface area contributed by atoms with E-state index in [1.54, 1.807) is 6.07 Å². The first-order valence-corrected chi connectivity index (χ1v) is 21.6. The molecule has 0 fully saturated rings. The fraction of sp³-hybridized carbons (Fsp3) is 0.220. The van der Waals surface area contributed by atoms with E-state index in [1.165, 1.54) is 82.4 Å². The molecule has 9 aromatic carbocycles. The van der Waals surface area contributed by atoms with Gasteiger partial charge < -0.3 is 5.11 Å². The molecule has 2 aliphatic rings. The average Bonchev–Trinajstić information content (AvgIpc) is 3.86. The fourth-order valence-electron chi connectivity index (χ4n) is 8.40. The minimum atomic E-state index is 0. The molecule has 0 amide bonds. The van der Waals surface area contributed by atoms with E-state index < -0.39 is 0 Å². The van der Waals surface area contributed by atoms with Crippen molar-refractivity contribution in [2.75, 3.05) is 0 Å². The highest BCUT2D eigenvalue weighted by molar-refractivity contribution is 6.23. The molecule has 0 unspecified atom stereocenters. The molecule has 11 rings (SSSR count). The van der Waals surface area contributed by atoms with Crippen LogP contribution in [0.15, 0.2) is 176 Å². The Hall–Kier alpha value is -6.18. The summed E-state index contributed by atoms with van der Waals surface area (Å²) in [6.07, 6.45) is 2.21. The number of hydrogen-bond acceptors (Lipinski definition) is 1. The second kappa shape index (κ2) is 21.2. The number of benzene rings is 9. The lowest BCUT2D eigenvalue weighted by atomic mass is 9.89. The largest absolute Gasteiger partial charge is 0.508 e. The van der Waals surface area contributed by atoms with Crippen LogP contribution < -0.4 is 0 Å². The molecule has 1 nitrogen and oxygen atoms in total. The van der Waals surface area contributed by atoms with Gasteiger partial charge in [-0.15, -0.1) is 0 Å². The van der Waals surface area contributed by atoms with Crippen molar-refractivity contribution in [2.24, 2.45) is 0 Å². The Morgan fingerprint density at radius 2 is 0.700 bits per heavy atom. The standard InChI is InChI=1S/C19H16.2C13H10.C9H12O.2C2H6.CH4/c1-12(2)16-10-8-15-7-6-13-4-3-5-14-9-11-17(16)19(15)18(13)14;2*1-3-7-12-10(5-1)9-11-6-2-4-8-13(11)12;1-7(2)8-5-3-4-6-9(8)10;2*1-2;/h3-12H,1-2H3;2*1-8H,9H2;3-7,10H,1-2H3;2*1-2H3;1H4. The van der Waals surface area contributed by atoms with E-state index in [2.05, 4.69) is 179 Å². The average molecular weight is 789 g/mol. The predicted octanol–water partition coefficient (Wildman–Crippen LogP) is 17.4. The van der Waals surface area contributed by atoms with Gasteiger partial charge in [-0.05, 0) is 119 Å². The zero-order valence-corrected chi connectivity index (χ0v) is 36.3. The Morgan fingerprint density at radius 1 is 0.350 bits per heavy atom. The molecule has 306 valence electrons. The maximum absolute atomic E-state index is 9.28. The zero-order chi connectivity index (χ0) is 41.9. The van der Waals surface area contributed by atoms with E-state index in [4.69, 9.17) is 0 Å². The molecule has 1 heteroatoms. The maximum Gasteiger partial charge on any atom is 0.119 e. The van der Waals surface area contributed by atoms with E-state index in [1.807, 2.05) is 45.9 Å². The molecular formula is C59H64O. The quantitative estimate of drug-likeness (QED) is 0.173. The molecule has 9 aromatic rings. The van der Waals surface area contributed by atoms with Crippen LogP contribution in [0.25, 0.3) is 54.6 Å². The van der Waals surface area contributed by atoms with Crippen molar-refractivity contribution < 1.29 is 5.11 Å². The predicted molar refractivity (Wildman–Crippen MR) is 265 cm³/mol. The van der Waals surface area contributed by atoms with Crippen molar-refractivity contribution in [1.29, 1.82) is 0 Å². The van der Waals surface area contributed by atoms with Crippen LogP contribution in [-0.4, -0.2) is 5.11 Å². The first kappa shape index (κ1) is 44.9. The van der Waals surface area contributed by atoms with Gasteiger partial charge in [0, 0.05) is 0 Å². The lowest BCUT2D eigenvalue weighted by molar-refractivity contribution is 0.465. The van der Waals surface area contributed by atoms with Crippen molar-refractivity contribution >= 4 is 32.3 Å². The fourth-order valence-corrected chi connectivity index (χ4v) is 8.40. The van der Waals surface area contributed by atoms with Crippen LogP contribution in [0.3, 0.4) is 0 Å². The third-order valence-electron chi connectivity index (χ3n) is 11.2. The van der Waals surface area contributed by atoms with Crippen molar-refractivity contribution in [3.05, 3.63) is 209 Å². The van der Waals surface area contributed by atoms with E-state index in [0.717, 1.165) is 18.4 Å². The van der Waals surface area contributed by atoms with Crippen LogP contribution in [0.5, 0.6) is 5.75 Å². The molecule has 0 heterocycles. The molecule has 2 aliphatic carbocycles. The molecule has 0 atom stereocenters. The lowest BCUT2D eigenvalue weighted by Crippen LogP contribution is -1.91.